The number of methoxy groups -OCH3 is 1. The maximum Gasteiger partial charge on any atom is 0.227 e. The molecule has 1 aliphatic rings. The average molecular weight is 334 g/mol. The summed E-state index contributed by atoms with van der Waals surface area (Å²) in [6.45, 7) is 6.45. The van der Waals surface area contributed by atoms with E-state index in [-0.39, 0.29) is 11.8 Å². The van der Waals surface area contributed by atoms with Gasteiger partial charge in [0.25, 0.3) is 0 Å². The minimum Gasteiger partial charge on any atom is -0.495 e. The van der Waals surface area contributed by atoms with Gasteiger partial charge in [-0.3, -0.25) is 4.79 Å². The minimum absolute atomic E-state index is 0.0162. The van der Waals surface area contributed by atoms with E-state index in [0.29, 0.717) is 12.3 Å². The molecule has 2 rings (SSSR count). The van der Waals surface area contributed by atoms with Crippen molar-refractivity contribution in [1.29, 1.82) is 0 Å². The molecule has 5 heteroatoms. The molecule has 134 valence electrons. The van der Waals surface area contributed by atoms with Crippen LogP contribution in [0.25, 0.3) is 0 Å². The summed E-state index contributed by atoms with van der Waals surface area (Å²) in [5.74, 6) is 0.752. The van der Waals surface area contributed by atoms with Crippen molar-refractivity contribution in [3.05, 3.63) is 24.3 Å². The van der Waals surface area contributed by atoms with Crippen LogP contribution in [0.2, 0.25) is 0 Å². The summed E-state index contributed by atoms with van der Waals surface area (Å²) in [5, 5.41) is 13.5. The highest BCUT2D eigenvalue weighted by Gasteiger charge is 2.30. The number of β-amino-alcohol motifs (C(OH)–C–C–N with tert-alkyl or cyclic N) is 1. The van der Waals surface area contributed by atoms with E-state index in [1.54, 1.807) is 7.11 Å². The highest BCUT2D eigenvalue weighted by Crippen LogP contribution is 2.26. The first-order valence-electron chi connectivity index (χ1n) is 8.90. The largest absolute Gasteiger partial charge is 0.495 e. The molecule has 24 heavy (non-hydrogen) atoms. The first-order chi connectivity index (χ1) is 11.5. The Kier molecular flexibility index (Phi) is 6.63. The molecule has 1 heterocycles. The standard InChI is InChI=1S/C19H30N2O3/c1-4-19(23,5-2)14-21-12-10-15(11-13-21)18(22)20-16-8-6-7-9-17(16)24-3/h6-9,15,23H,4-5,10-14H2,1-3H3,(H,20,22). The first kappa shape index (κ1) is 18.7. The summed E-state index contributed by atoms with van der Waals surface area (Å²) in [7, 11) is 1.60. The van der Waals surface area contributed by atoms with Gasteiger partial charge in [0.15, 0.2) is 0 Å². The van der Waals surface area contributed by atoms with Gasteiger partial charge in [-0.2, -0.15) is 0 Å². The van der Waals surface area contributed by atoms with Crippen LogP contribution in [0, 0.1) is 5.92 Å². The van der Waals surface area contributed by atoms with Crippen LogP contribution in [-0.4, -0.2) is 48.3 Å². The van der Waals surface area contributed by atoms with Crippen molar-refractivity contribution in [3.63, 3.8) is 0 Å². The molecular weight excluding hydrogens is 304 g/mol. The SMILES string of the molecule is CCC(O)(CC)CN1CCC(C(=O)Nc2ccccc2OC)CC1. The smallest absolute Gasteiger partial charge is 0.227 e. The van der Waals surface area contributed by atoms with E-state index in [4.69, 9.17) is 4.74 Å². The highest BCUT2D eigenvalue weighted by molar-refractivity contribution is 5.94. The normalized spacial score (nSPS) is 16.8. The van der Waals surface area contributed by atoms with Crippen molar-refractivity contribution in [1.82, 2.24) is 4.90 Å². The Bertz CT molecular complexity index is 535. The Morgan fingerprint density at radius 2 is 1.92 bits per heavy atom. The lowest BCUT2D eigenvalue weighted by molar-refractivity contribution is -0.121. The number of benzene rings is 1. The third kappa shape index (κ3) is 4.71. The van der Waals surface area contributed by atoms with E-state index in [1.807, 2.05) is 38.1 Å². The second-order valence-electron chi connectivity index (χ2n) is 6.67. The number of carbonyl (C=O) groups excluding carboxylic acids is 1. The summed E-state index contributed by atoms with van der Waals surface area (Å²) in [4.78, 5) is 14.8. The summed E-state index contributed by atoms with van der Waals surface area (Å²) in [6, 6.07) is 7.47. The number of aliphatic hydroxyl groups is 1. The molecule has 1 fully saturated rings. The zero-order valence-electron chi connectivity index (χ0n) is 15.0. The fraction of sp³-hybridized carbons (Fsp3) is 0.632. The van der Waals surface area contributed by atoms with Gasteiger partial charge in [-0.1, -0.05) is 26.0 Å². The van der Waals surface area contributed by atoms with Gasteiger partial charge in [0.1, 0.15) is 5.75 Å². The van der Waals surface area contributed by atoms with E-state index >= 15 is 0 Å². The molecule has 0 aromatic heterocycles. The van der Waals surface area contributed by atoms with Crippen molar-refractivity contribution in [2.45, 2.75) is 45.1 Å². The van der Waals surface area contributed by atoms with Crippen molar-refractivity contribution >= 4 is 11.6 Å². The Labute approximate surface area is 145 Å². The lowest BCUT2D eigenvalue weighted by atomic mass is 9.92. The monoisotopic (exact) mass is 334 g/mol. The lowest BCUT2D eigenvalue weighted by Crippen LogP contribution is -2.46. The zero-order chi connectivity index (χ0) is 17.6. The van der Waals surface area contributed by atoms with Crippen molar-refractivity contribution in [2.24, 2.45) is 5.92 Å². The molecule has 2 N–H and O–H groups in total. The molecule has 0 aliphatic carbocycles. The third-order valence-corrected chi connectivity index (χ3v) is 5.16. The second-order valence-corrected chi connectivity index (χ2v) is 6.67. The van der Waals surface area contributed by atoms with Gasteiger partial charge in [0.05, 0.1) is 18.4 Å². The summed E-state index contributed by atoms with van der Waals surface area (Å²) < 4.78 is 5.28. The molecule has 0 spiro atoms. The summed E-state index contributed by atoms with van der Waals surface area (Å²) >= 11 is 0. The zero-order valence-corrected chi connectivity index (χ0v) is 15.0. The quantitative estimate of drug-likeness (QED) is 0.805. The van der Waals surface area contributed by atoms with E-state index in [0.717, 1.165) is 44.5 Å². The topological polar surface area (TPSA) is 61.8 Å². The van der Waals surface area contributed by atoms with Crippen molar-refractivity contribution < 1.29 is 14.6 Å². The third-order valence-electron chi connectivity index (χ3n) is 5.16. The molecule has 5 nitrogen and oxygen atoms in total. The van der Waals surface area contributed by atoms with Crippen LogP contribution in [0.15, 0.2) is 24.3 Å². The predicted molar refractivity (Wildman–Crippen MR) is 96.3 cm³/mol. The number of nitrogens with one attached hydrogen (secondary N) is 1. The van der Waals surface area contributed by atoms with Crippen LogP contribution in [0.4, 0.5) is 5.69 Å². The number of carbonyl (C=O) groups is 1. The van der Waals surface area contributed by atoms with Crippen LogP contribution in [0.5, 0.6) is 5.75 Å². The van der Waals surface area contributed by atoms with Gasteiger partial charge in [-0.15, -0.1) is 0 Å². The number of nitrogens with zero attached hydrogens (tertiary/aromatic N) is 1. The Hall–Kier alpha value is -1.59. The number of rotatable bonds is 7. The molecule has 0 unspecified atom stereocenters. The minimum atomic E-state index is -0.605. The van der Waals surface area contributed by atoms with E-state index in [2.05, 4.69) is 10.2 Å². The van der Waals surface area contributed by atoms with Gasteiger partial charge in [0.2, 0.25) is 5.91 Å². The maximum absolute atomic E-state index is 12.5. The molecule has 1 amide bonds. The Morgan fingerprint density at radius 1 is 1.29 bits per heavy atom. The van der Waals surface area contributed by atoms with E-state index in [1.165, 1.54) is 0 Å². The van der Waals surface area contributed by atoms with Crippen molar-refractivity contribution in [3.8, 4) is 5.75 Å². The van der Waals surface area contributed by atoms with Crippen molar-refractivity contribution in [2.75, 3.05) is 32.1 Å². The van der Waals surface area contributed by atoms with Gasteiger partial charge in [-0.05, 0) is 50.9 Å². The predicted octanol–water partition coefficient (Wildman–Crippen LogP) is 2.90. The van der Waals surface area contributed by atoms with Gasteiger partial charge < -0.3 is 20.1 Å². The van der Waals surface area contributed by atoms with Crippen LogP contribution >= 0.6 is 0 Å². The molecule has 0 saturated carbocycles. The van der Waals surface area contributed by atoms with Crippen LogP contribution < -0.4 is 10.1 Å². The molecule has 1 aromatic rings. The Morgan fingerprint density at radius 3 is 2.50 bits per heavy atom. The van der Waals surface area contributed by atoms with Crippen LogP contribution in [0.1, 0.15) is 39.5 Å². The fourth-order valence-electron chi connectivity index (χ4n) is 3.23. The first-order valence-corrected chi connectivity index (χ1v) is 8.90. The number of para-hydroxylation sites is 2. The Balaban J connectivity index is 1.87. The number of hydrogen-bond donors (Lipinski definition) is 2. The van der Waals surface area contributed by atoms with Gasteiger partial charge in [-0.25, -0.2) is 0 Å². The molecule has 0 radical (unpaired) electrons. The fourth-order valence-corrected chi connectivity index (χ4v) is 3.23. The number of anilines is 1. The van der Waals surface area contributed by atoms with Crippen LogP contribution in [0.3, 0.4) is 0 Å². The number of amides is 1. The molecule has 1 saturated heterocycles. The van der Waals surface area contributed by atoms with Crippen LogP contribution in [-0.2, 0) is 4.79 Å². The molecule has 0 bridgehead atoms. The molecule has 1 aromatic carbocycles. The highest BCUT2D eigenvalue weighted by atomic mass is 16.5. The lowest BCUT2D eigenvalue weighted by Gasteiger charge is -2.37. The number of hydrogen-bond acceptors (Lipinski definition) is 4. The van der Waals surface area contributed by atoms with Gasteiger partial charge in [0, 0.05) is 12.5 Å². The second kappa shape index (κ2) is 8.49. The number of piperidine rings is 1. The summed E-state index contributed by atoms with van der Waals surface area (Å²) in [6.07, 6.45) is 3.17. The van der Waals surface area contributed by atoms with E-state index in [9.17, 15) is 9.90 Å². The number of ether oxygens (including phenoxy) is 1. The van der Waals surface area contributed by atoms with Gasteiger partial charge >= 0.3 is 0 Å². The summed E-state index contributed by atoms with van der Waals surface area (Å²) in [5.41, 5.74) is 0.116. The molecule has 0 atom stereocenters. The van der Waals surface area contributed by atoms with E-state index < -0.39 is 5.60 Å². The average Bonchev–Trinajstić information content (AvgIpc) is 2.62. The maximum atomic E-state index is 12.5. The molecule has 1 aliphatic heterocycles. The molecular formula is C19H30N2O3. The number of likely N-dealkylation sites (tertiary alicyclic amines) is 1.